The minimum Gasteiger partial charge on any atom is -0.480 e. The molecule has 106 valence electrons. The zero-order valence-corrected chi connectivity index (χ0v) is 12.9. The first-order valence-corrected chi connectivity index (χ1v) is 6.97. The van der Waals surface area contributed by atoms with Gasteiger partial charge in [-0.1, -0.05) is 37.0 Å². The van der Waals surface area contributed by atoms with Crippen molar-refractivity contribution >= 4 is 29.2 Å². The molecule has 0 bridgehead atoms. The number of rotatable bonds is 6. The Morgan fingerprint density at radius 1 is 1.32 bits per heavy atom. The van der Waals surface area contributed by atoms with Gasteiger partial charge in [0.25, 0.3) is 0 Å². The summed E-state index contributed by atoms with van der Waals surface area (Å²) < 4.78 is 0. The first-order chi connectivity index (χ1) is 8.81. The molecule has 0 aliphatic rings. The van der Waals surface area contributed by atoms with Gasteiger partial charge in [-0.3, -0.25) is 9.69 Å². The second kappa shape index (κ2) is 7.13. The van der Waals surface area contributed by atoms with Crippen molar-refractivity contribution < 1.29 is 9.90 Å². The van der Waals surface area contributed by atoms with E-state index in [0.717, 1.165) is 5.56 Å². The van der Waals surface area contributed by atoms with Gasteiger partial charge < -0.3 is 5.11 Å². The second-order valence-corrected chi connectivity index (χ2v) is 5.90. The lowest BCUT2D eigenvalue weighted by Crippen LogP contribution is -2.35. The highest BCUT2D eigenvalue weighted by atomic mass is 35.5. The van der Waals surface area contributed by atoms with Gasteiger partial charge in [-0.15, -0.1) is 0 Å². The van der Waals surface area contributed by atoms with Crippen molar-refractivity contribution in [1.82, 2.24) is 4.90 Å². The molecule has 1 aromatic rings. The lowest BCUT2D eigenvalue weighted by atomic mass is 10.1. The van der Waals surface area contributed by atoms with Gasteiger partial charge in [-0.25, -0.2) is 0 Å². The fraction of sp³-hybridized carbons (Fsp3) is 0.500. The molecule has 5 heteroatoms. The van der Waals surface area contributed by atoms with Crippen LogP contribution in [0.3, 0.4) is 0 Å². The van der Waals surface area contributed by atoms with Crippen molar-refractivity contribution in [1.29, 1.82) is 0 Å². The Morgan fingerprint density at radius 2 is 1.95 bits per heavy atom. The molecule has 0 fully saturated rings. The van der Waals surface area contributed by atoms with E-state index in [-0.39, 0.29) is 12.6 Å². The smallest absolute Gasteiger partial charge is 0.317 e. The third-order valence-electron chi connectivity index (χ3n) is 2.89. The first kappa shape index (κ1) is 16.3. The maximum atomic E-state index is 11.0. The molecule has 1 N–H and O–H groups in total. The lowest BCUT2D eigenvalue weighted by Gasteiger charge is -2.30. The summed E-state index contributed by atoms with van der Waals surface area (Å²) in [5.41, 5.74) is 0.857. The highest BCUT2D eigenvalue weighted by molar-refractivity contribution is 6.33. The van der Waals surface area contributed by atoms with Gasteiger partial charge in [-0.2, -0.15) is 0 Å². The molecule has 0 radical (unpaired) electrons. The van der Waals surface area contributed by atoms with Crippen molar-refractivity contribution in [2.45, 2.75) is 26.8 Å². The Kier molecular flexibility index (Phi) is 6.11. The first-order valence-electron chi connectivity index (χ1n) is 6.22. The topological polar surface area (TPSA) is 40.5 Å². The van der Waals surface area contributed by atoms with Gasteiger partial charge in [0.2, 0.25) is 0 Å². The second-order valence-electron chi connectivity index (χ2n) is 5.06. The summed E-state index contributed by atoms with van der Waals surface area (Å²) in [4.78, 5) is 12.9. The maximum Gasteiger partial charge on any atom is 0.317 e. The average molecular weight is 304 g/mol. The van der Waals surface area contributed by atoms with Gasteiger partial charge in [-0.05, 0) is 36.6 Å². The largest absolute Gasteiger partial charge is 0.480 e. The molecule has 0 spiro atoms. The van der Waals surface area contributed by atoms with Crippen LogP contribution >= 0.6 is 23.2 Å². The van der Waals surface area contributed by atoms with E-state index in [4.69, 9.17) is 28.3 Å². The minimum absolute atomic E-state index is 0.0117. The van der Waals surface area contributed by atoms with Gasteiger partial charge in [0.05, 0.1) is 6.54 Å². The van der Waals surface area contributed by atoms with Crippen molar-refractivity contribution in [2.75, 3.05) is 13.1 Å². The third-order valence-corrected chi connectivity index (χ3v) is 3.47. The standard InChI is InChI=1S/C14H19Cl2NO2/c1-9(2)7-17(8-14(18)19)10(3)12-6-11(15)4-5-13(12)16/h4-6,9-10H,7-8H2,1-3H3,(H,18,19). The van der Waals surface area contributed by atoms with Crippen LogP contribution < -0.4 is 0 Å². The van der Waals surface area contributed by atoms with Gasteiger partial charge in [0.1, 0.15) is 0 Å². The summed E-state index contributed by atoms with van der Waals surface area (Å²) in [5, 5.41) is 10.2. The molecule has 1 aromatic carbocycles. The highest BCUT2D eigenvalue weighted by Gasteiger charge is 2.21. The van der Waals surface area contributed by atoms with E-state index in [1.807, 2.05) is 11.8 Å². The third kappa shape index (κ3) is 5.01. The Labute approximate surface area is 124 Å². The fourth-order valence-electron chi connectivity index (χ4n) is 2.03. The van der Waals surface area contributed by atoms with Crippen molar-refractivity contribution in [2.24, 2.45) is 5.92 Å². The normalized spacial score (nSPS) is 13.0. The predicted octanol–water partition coefficient (Wildman–Crippen LogP) is 4.10. The van der Waals surface area contributed by atoms with E-state index in [9.17, 15) is 4.79 Å². The van der Waals surface area contributed by atoms with Gasteiger partial charge >= 0.3 is 5.97 Å². The summed E-state index contributed by atoms with van der Waals surface area (Å²) in [6, 6.07) is 5.17. The fourth-order valence-corrected chi connectivity index (χ4v) is 2.49. The number of nitrogens with zero attached hydrogens (tertiary/aromatic N) is 1. The number of benzene rings is 1. The van der Waals surface area contributed by atoms with Crippen molar-refractivity contribution in [3.63, 3.8) is 0 Å². The predicted molar refractivity (Wildman–Crippen MR) is 78.9 cm³/mol. The monoisotopic (exact) mass is 303 g/mol. The quantitative estimate of drug-likeness (QED) is 0.860. The molecule has 0 aliphatic carbocycles. The van der Waals surface area contributed by atoms with E-state index in [1.165, 1.54) is 0 Å². The highest BCUT2D eigenvalue weighted by Crippen LogP contribution is 2.30. The maximum absolute atomic E-state index is 11.0. The Balaban J connectivity index is 3.00. The Hall–Kier alpha value is -0.770. The number of carboxylic acid groups (broad SMARTS) is 1. The molecule has 1 rings (SSSR count). The summed E-state index contributed by atoms with van der Waals surface area (Å²) in [6.07, 6.45) is 0. The van der Waals surface area contributed by atoms with Crippen LogP contribution in [-0.4, -0.2) is 29.1 Å². The molecular formula is C14H19Cl2NO2. The number of carboxylic acids is 1. The number of carbonyl (C=O) groups is 1. The van der Waals surface area contributed by atoms with Crippen molar-refractivity contribution in [3.05, 3.63) is 33.8 Å². The molecule has 0 amide bonds. The zero-order chi connectivity index (χ0) is 14.6. The SMILES string of the molecule is CC(C)CN(CC(=O)O)C(C)c1cc(Cl)ccc1Cl. The van der Waals surface area contributed by atoms with E-state index < -0.39 is 5.97 Å². The molecule has 1 unspecified atom stereocenters. The summed E-state index contributed by atoms with van der Waals surface area (Å²) in [7, 11) is 0. The van der Waals surface area contributed by atoms with E-state index >= 15 is 0 Å². The van der Waals surface area contributed by atoms with Crippen LogP contribution in [0.5, 0.6) is 0 Å². The molecule has 0 aromatic heterocycles. The molecule has 0 saturated heterocycles. The molecular weight excluding hydrogens is 285 g/mol. The van der Waals surface area contributed by atoms with Gasteiger partial charge in [0.15, 0.2) is 0 Å². The molecule has 0 aliphatic heterocycles. The number of halogens is 2. The number of hydrogen-bond donors (Lipinski definition) is 1. The van der Waals surface area contributed by atoms with E-state index in [1.54, 1.807) is 18.2 Å². The van der Waals surface area contributed by atoms with Crippen LogP contribution in [-0.2, 0) is 4.79 Å². The molecule has 0 heterocycles. The van der Waals surface area contributed by atoms with Gasteiger partial charge in [0, 0.05) is 22.6 Å². The Bertz CT molecular complexity index is 449. The summed E-state index contributed by atoms with van der Waals surface area (Å²) in [6.45, 7) is 6.74. The van der Waals surface area contributed by atoms with Crippen LogP contribution in [0.15, 0.2) is 18.2 Å². The molecule has 3 nitrogen and oxygen atoms in total. The van der Waals surface area contributed by atoms with Crippen LogP contribution in [0.25, 0.3) is 0 Å². The lowest BCUT2D eigenvalue weighted by molar-refractivity contribution is -0.139. The Morgan fingerprint density at radius 3 is 2.47 bits per heavy atom. The summed E-state index contributed by atoms with van der Waals surface area (Å²) in [5.74, 6) is -0.467. The number of aliphatic carboxylic acids is 1. The van der Waals surface area contributed by atoms with Crippen LogP contribution in [0.1, 0.15) is 32.4 Å². The van der Waals surface area contributed by atoms with Crippen LogP contribution in [0.2, 0.25) is 10.0 Å². The molecule has 1 atom stereocenters. The molecule has 0 saturated carbocycles. The van der Waals surface area contributed by atoms with Crippen LogP contribution in [0, 0.1) is 5.92 Å². The summed E-state index contributed by atoms with van der Waals surface area (Å²) >= 11 is 12.2. The van der Waals surface area contributed by atoms with E-state index in [2.05, 4.69) is 13.8 Å². The van der Waals surface area contributed by atoms with Crippen molar-refractivity contribution in [3.8, 4) is 0 Å². The average Bonchev–Trinajstić information content (AvgIpc) is 2.29. The number of hydrogen-bond acceptors (Lipinski definition) is 2. The van der Waals surface area contributed by atoms with E-state index in [0.29, 0.717) is 22.5 Å². The zero-order valence-electron chi connectivity index (χ0n) is 11.4. The molecule has 19 heavy (non-hydrogen) atoms. The minimum atomic E-state index is -0.842. The van der Waals surface area contributed by atoms with Crippen LogP contribution in [0.4, 0.5) is 0 Å².